The molecular formula is C23H23N5O3S. The quantitative estimate of drug-likeness (QED) is 0.544. The van der Waals surface area contributed by atoms with Crippen LogP contribution in [-0.2, 0) is 17.6 Å². The Labute approximate surface area is 189 Å². The van der Waals surface area contributed by atoms with Gasteiger partial charge in [-0.25, -0.2) is 9.78 Å². The predicted octanol–water partition coefficient (Wildman–Crippen LogP) is 1.47. The van der Waals surface area contributed by atoms with Crippen molar-refractivity contribution in [1.29, 1.82) is 0 Å². The van der Waals surface area contributed by atoms with Crippen LogP contribution in [0.3, 0.4) is 0 Å². The summed E-state index contributed by atoms with van der Waals surface area (Å²) in [6.07, 6.45) is 2.88. The molecule has 3 aliphatic rings. The summed E-state index contributed by atoms with van der Waals surface area (Å²) in [6.45, 7) is 1.54. The minimum Gasteiger partial charge on any atom is -0.345 e. The number of benzene rings is 1. The van der Waals surface area contributed by atoms with Gasteiger partial charge in [-0.2, -0.15) is 0 Å². The Morgan fingerprint density at radius 1 is 1.25 bits per heavy atom. The number of aromatic nitrogens is 2. The Balaban J connectivity index is 1.15. The van der Waals surface area contributed by atoms with Gasteiger partial charge in [0, 0.05) is 42.1 Å². The van der Waals surface area contributed by atoms with Crippen molar-refractivity contribution in [1.82, 2.24) is 20.2 Å². The first kappa shape index (κ1) is 20.6. The zero-order chi connectivity index (χ0) is 22.1. The van der Waals surface area contributed by atoms with E-state index in [-0.39, 0.29) is 36.5 Å². The Hall–Kier alpha value is -3.25. The Bertz CT molecular complexity index is 1200. The number of thioether (sulfide) groups is 1. The van der Waals surface area contributed by atoms with Crippen molar-refractivity contribution in [2.24, 2.45) is 0 Å². The van der Waals surface area contributed by atoms with Crippen LogP contribution in [0.5, 0.6) is 0 Å². The molecule has 1 saturated heterocycles. The van der Waals surface area contributed by atoms with Gasteiger partial charge in [0.15, 0.2) is 5.16 Å². The highest BCUT2D eigenvalue weighted by atomic mass is 32.2. The molecule has 0 spiro atoms. The van der Waals surface area contributed by atoms with Crippen LogP contribution in [0, 0.1) is 11.8 Å². The van der Waals surface area contributed by atoms with Crippen molar-refractivity contribution in [2.75, 3.05) is 30.3 Å². The number of hydrogen-bond acceptors (Lipinski definition) is 5. The first-order valence-electron chi connectivity index (χ1n) is 10.8. The number of nitrogens with zero attached hydrogens (tertiary/aromatic N) is 3. The molecule has 3 heterocycles. The zero-order valence-corrected chi connectivity index (χ0v) is 18.3. The summed E-state index contributed by atoms with van der Waals surface area (Å²) in [7, 11) is 0. The molecule has 1 aliphatic carbocycles. The number of rotatable bonds is 4. The molecule has 1 unspecified atom stereocenters. The van der Waals surface area contributed by atoms with Crippen molar-refractivity contribution in [3.63, 3.8) is 0 Å². The fourth-order valence-corrected chi connectivity index (χ4v) is 5.47. The molecule has 0 radical (unpaired) electrons. The van der Waals surface area contributed by atoms with Gasteiger partial charge in [0.05, 0.1) is 18.3 Å². The van der Waals surface area contributed by atoms with Crippen molar-refractivity contribution in [3.05, 3.63) is 51.4 Å². The van der Waals surface area contributed by atoms with Gasteiger partial charge in [-0.05, 0) is 43.5 Å². The maximum atomic E-state index is 12.8. The van der Waals surface area contributed by atoms with Gasteiger partial charge in [0.25, 0.3) is 5.56 Å². The van der Waals surface area contributed by atoms with Crippen molar-refractivity contribution in [2.45, 2.75) is 36.9 Å². The fourth-order valence-electron chi connectivity index (χ4n) is 4.32. The average molecular weight is 450 g/mol. The molecule has 1 atom stereocenters. The smallest absolute Gasteiger partial charge is 0.321 e. The third-order valence-electron chi connectivity index (χ3n) is 5.94. The number of amides is 3. The van der Waals surface area contributed by atoms with Gasteiger partial charge in [0.2, 0.25) is 5.91 Å². The maximum absolute atomic E-state index is 12.8. The summed E-state index contributed by atoms with van der Waals surface area (Å²) in [5.74, 6) is 6.54. The fraction of sp³-hybridized carbons (Fsp3) is 0.391. The van der Waals surface area contributed by atoms with E-state index in [1.165, 1.54) is 0 Å². The largest absolute Gasteiger partial charge is 0.345 e. The monoisotopic (exact) mass is 449 g/mol. The summed E-state index contributed by atoms with van der Waals surface area (Å²) in [6, 6.07) is 7.21. The number of anilines is 1. The number of aryl methyl sites for hydroxylation is 1. The Morgan fingerprint density at radius 2 is 2.09 bits per heavy atom. The third-order valence-corrected chi connectivity index (χ3v) is 7.03. The molecule has 164 valence electrons. The van der Waals surface area contributed by atoms with E-state index < -0.39 is 0 Å². The van der Waals surface area contributed by atoms with Crippen LogP contribution in [0.2, 0.25) is 0 Å². The molecule has 0 saturated carbocycles. The molecule has 3 amide bonds. The van der Waals surface area contributed by atoms with Gasteiger partial charge in [-0.15, -0.1) is 0 Å². The van der Waals surface area contributed by atoms with E-state index in [2.05, 4.69) is 27.5 Å². The maximum Gasteiger partial charge on any atom is 0.321 e. The van der Waals surface area contributed by atoms with Crippen molar-refractivity contribution < 1.29 is 9.59 Å². The highest BCUT2D eigenvalue weighted by molar-refractivity contribution is 7.99. The van der Waals surface area contributed by atoms with Gasteiger partial charge in [-0.1, -0.05) is 23.6 Å². The van der Waals surface area contributed by atoms with Crippen LogP contribution in [0.1, 0.15) is 35.7 Å². The number of urea groups is 1. The molecule has 0 bridgehead atoms. The molecule has 32 heavy (non-hydrogen) atoms. The lowest BCUT2D eigenvalue weighted by Crippen LogP contribution is -2.32. The van der Waals surface area contributed by atoms with Crippen LogP contribution in [0.25, 0.3) is 0 Å². The number of carbonyl (C=O) groups is 2. The van der Waals surface area contributed by atoms with Crippen LogP contribution in [0.15, 0.2) is 34.2 Å². The lowest BCUT2D eigenvalue weighted by molar-refractivity contribution is -0.121. The molecule has 1 aromatic heterocycles. The lowest BCUT2D eigenvalue weighted by Gasteiger charge is -2.14. The molecule has 2 N–H and O–H groups in total. The molecule has 5 rings (SSSR count). The third kappa shape index (κ3) is 3.98. The summed E-state index contributed by atoms with van der Waals surface area (Å²) < 4.78 is 1.71. The second-order valence-corrected chi connectivity index (χ2v) is 9.01. The average Bonchev–Trinajstić information content (AvgIpc) is 3.52. The summed E-state index contributed by atoms with van der Waals surface area (Å²) in [5, 5.41) is 6.34. The molecular weight excluding hydrogens is 426 g/mol. The minimum atomic E-state index is -0.163. The summed E-state index contributed by atoms with van der Waals surface area (Å²) in [5.41, 5.74) is 3.44. The SMILES string of the molecule is O=C(CC1CSc2nc3c(c(=O)n21)CCC3)NCC#Cc1ccc(N2CCNC2=O)cc1. The minimum absolute atomic E-state index is 0.0277. The molecule has 1 fully saturated rings. The zero-order valence-electron chi connectivity index (χ0n) is 17.5. The van der Waals surface area contributed by atoms with Gasteiger partial charge in [-0.3, -0.25) is 19.1 Å². The first-order chi connectivity index (χ1) is 15.6. The normalized spacial score (nSPS) is 18.6. The van der Waals surface area contributed by atoms with Crippen LogP contribution in [-0.4, -0.2) is 46.9 Å². The van der Waals surface area contributed by atoms with Crippen molar-refractivity contribution in [3.8, 4) is 11.8 Å². The lowest BCUT2D eigenvalue weighted by atomic mass is 10.2. The van der Waals surface area contributed by atoms with E-state index in [1.54, 1.807) is 21.2 Å². The standard InChI is InChI=1S/C23H23N5O3S/c29-20(13-17-14-32-23-26-19-5-1-4-18(19)21(30)28(17)23)24-10-2-3-15-6-8-16(9-7-15)27-12-11-25-22(27)31/h6-9,17H,1,4-5,10-14H2,(H,24,29)(H,25,31). The van der Waals surface area contributed by atoms with Gasteiger partial charge < -0.3 is 10.6 Å². The Kier molecular flexibility index (Phi) is 5.62. The van der Waals surface area contributed by atoms with Crippen LogP contribution >= 0.6 is 11.8 Å². The van der Waals surface area contributed by atoms with E-state index in [9.17, 15) is 14.4 Å². The van der Waals surface area contributed by atoms with E-state index in [1.807, 2.05) is 24.3 Å². The molecule has 9 heteroatoms. The molecule has 1 aromatic carbocycles. The molecule has 8 nitrogen and oxygen atoms in total. The first-order valence-corrected chi connectivity index (χ1v) is 11.8. The van der Waals surface area contributed by atoms with Gasteiger partial charge in [0.1, 0.15) is 0 Å². The van der Waals surface area contributed by atoms with E-state index in [0.717, 1.165) is 46.9 Å². The number of nitrogens with one attached hydrogen (secondary N) is 2. The van der Waals surface area contributed by atoms with Crippen LogP contribution < -0.4 is 21.1 Å². The number of hydrogen-bond donors (Lipinski definition) is 2. The second kappa shape index (κ2) is 8.71. The predicted molar refractivity (Wildman–Crippen MR) is 122 cm³/mol. The highest BCUT2D eigenvalue weighted by Gasteiger charge is 2.31. The topological polar surface area (TPSA) is 96.3 Å². The summed E-state index contributed by atoms with van der Waals surface area (Å²) >= 11 is 1.55. The highest BCUT2D eigenvalue weighted by Crippen LogP contribution is 2.33. The molecule has 2 aromatic rings. The van der Waals surface area contributed by atoms with Gasteiger partial charge >= 0.3 is 6.03 Å². The number of carbonyl (C=O) groups excluding carboxylic acids is 2. The van der Waals surface area contributed by atoms with E-state index >= 15 is 0 Å². The van der Waals surface area contributed by atoms with E-state index in [0.29, 0.717) is 18.8 Å². The van der Waals surface area contributed by atoms with Crippen LogP contribution in [0.4, 0.5) is 10.5 Å². The van der Waals surface area contributed by atoms with E-state index in [4.69, 9.17) is 0 Å². The van der Waals surface area contributed by atoms with Crippen molar-refractivity contribution >= 4 is 29.4 Å². The Morgan fingerprint density at radius 3 is 2.88 bits per heavy atom. The summed E-state index contributed by atoms with van der Waals surface area (Å²) in [4.78, 5) is 43.3. The second-order valence-electron chi connectivity index (χ2n) is 8.03. The molecule has 2 aliphatic heterocycles. The number of fused-ring (bicyclic) bond motifs is 2.